The van der Waals surface area contributed by atoms with E-state index in [9.17, 15) is 14.9 Å². The highest BCUT2D eigenvalue weighted by Gasteiger charge is 2.14. The van der Waals surface area contributed by atoms with Crippen LogP contribution in [-0.4, -0.2) is 20.9 Å². The molecule has 2 aromatic carbocycles. The molecule has 0 radical (unpaired) electrons. The first-order valence-electron chi connectivity index (χ1n) is 7.61. The van der Waals surface area contributed by atoms with Crippen molar-refractivity contribution in [2.75, 3.05) is 5.32 Å². The Labute approximate surface area is 178 Å². The Hall–Kier alpha value is -2.59. The van der Waals surface area contributed by atoms with Gasteiger partial charge in [-0.3, -0.25) is 20.2 Å². The number of hydrogen-bond donors (Lipinski definition) is 2. The zero-order valence-electron chi connectivity index (χ0n) is 13.8. The highest BCUT2D eigenvalue weighted by atomic mass is 35.5. The Balaban J connectivity index is 1.68. The molecule has 1 heterocycles. The van der Waals surface area contributed by atoms with E-state index in [2.05, 4.69) is 15.6 Å². The summed E-state index contributed by atoms with van der Waals surface area (Å²) in [5, 5.41) is 19.0. The summed E-state index contributed by atoms with van der Waals surface area (Å²) in [4.78, 5) is 27.0. The molecule has 0 fully saturated rings. The van der Waals surface area contributed by atoms with Crippen LogP contribution in [0.3, 0.4) is 0 Å². The van der Waals surface area contributed by atoms with Gasteiger partial charge >= 0.3 is 0 Å². The van der Waals surface area contributed by atoms with E-state index in [0.717, 1.165) is 0 Å². The molecule has 7 nitrogen and oxygen atoms in total. The average Bonchev–Trinajstić information content (AvgIpc) is 3.10. The number of nitro benzene ring substituents is 1. The third-order valence-corrected chi connectivity index (χ3v) is 4.99. The van der Waals surface area contributed by atoms with Crippen LogP contribution >= 0.6 is 46.8 Å². The highest BCUT2D eigenvalue weighted by molar-refractivity contribution is 7.80. The number of amides is 1. The fourth-order valence-corrected chi connectivity index (χ4v) is 3.69. The zero-order valence-corrected chi connectivity index (χ0v) is 17.0. The number of hydrogen-bond acceptors (Lipinski definition) is 6. The van der Waals surface area contributed by atoms with Crippen molar-refractivity contribution in [2.24, 2.45) is 0 Å². The molecule has 0 aliphatic rings. The van der Waals surface area contributed by atoms with E-state index in [4.69, 9.17) is 35.4 Å². The van der Waals surface area contributed by atoms with Gasteiger partial charge in [0.1, 0.15) is 0 Å². The Morgan fingerprint density at radius 1 is 1.21 bits per heavy atom. The molecule has 0 aliphatic heterocycles. The van der Waals surface area contributed by atoms with Crippen molar-refractivity contribution in [1.29, 1.82) is 0 Å². The standard InChI is InChI=1S/C17H10Cl2N4O3S2/c18-10-4-5-12(13(19)7-10)15(24)21-16(27)22-17-20-14(8-28-17)9-2-1-3-11(6-9)23(25)26/h1-8H,(H2,20,21,22,24,27). The van der Waals surface area contributed by atoms with Crippen LogP contribution in [0.2, 0.25) is 10.0 Å². The van der Waals surface area contributed by atoms with Crippen molar-refractivity contribution in [2.45, 2.75) is 0 Å². The summed E-state index contributed by atoms with van der Waals surface area (Å²) < 4.78 is 0. The second kappa shape index (κ2) is 8.61. The van der Waals surface area contributed by atoms with Crippen LogP contribution in [0.5, 0.6) is 0 Å². The third kappa shape index (κ3) is 4.82. The Bertz CT molecular complexity index is 1090. The van der Waals surface area contributed by atoms with Crippen LogP contribution in [0.1, 0.15) is 10.4 Å². The van der Waals surface area contributed by atoms with Gasteiger partial charge in [0.25, 0.3) is 11.6 Å². The first kappa shape index (κ1) is 20.2. The summed E-state index contributed by atoms with van der Waals surface area (Å²) in [5.41, 5.74) is 1.35. The van der Waals surface area contributed by atoms with Crippen molar-refractivity contribution in [3.8, 4) is 11.3 Å². The largest absolute Gasteiger partial charge is 0.308 e. The van der Waals surface area contributed by atoms with Crippen molar-refractivity contribution in [3.63, 3.8) is 0 Å². The van der Waals surface area contributed by atoms with Gasteiger partial charge in [0, 0.05) is 28.1 Å². The molecule has 0 aliphatic carbocycles. The lowest BCUT2D eigenvalue weighted by molar-refractivity contribution is -0.384. The number of anilines is 1. The molecule has 0 unspecified atom stereocenters. The topological polar surface area (TPSA) is 97.2 Å². The first-order chi connectivity index (χ1) is 13.3. The normalized spacial score (nSPS) is 10.4. The van der Waals surface area contributed by atoms with Crippen molar-refractivity contribution in [1.82, 2.24) is 10.3 Å². The van der Waals surface area contributed by atoms with Gasteiger partial charge in [-0.25, -0.2) is 4.98 Å². The monoisotopic (exact) mass is 452 g/mol. The number of aromatic nitrogens is 1. The summed E-state index contributed by atoms with van der Waals surface area (Å²) in [7, 11) is 0. The number of thiazole rings is 1. The van der Waals surface area contributed by atoms with E-state index < -0.39 is 10.8 Å². The van der Waals surface area contributed by atoms with Crippen molar-refractivity contribution < 1.29 is 9.72 Å². The minimum atomic E-state index is -0.491. The van der Waals surface area contributed by atoms with E-state index in [1.807, 2.05) is 0 Å². The van der Waals surface area contributed by atoms with Crippen LogP contribution in [-0.2, 0) is 0 Å². The van der Waals surface area contributed by atoms with Gasteiger partial charge in [-0.1, -0.05) is 35.3 Å². The van der Waals surface area contributed by atoms with Crippen LogP contribution in [0.25, 0.3) is 11.3 Å². The Kier molecular flexibility index (Phi) is 6.20. The number of non-ortho nitro benzene ring substituents is 1. The van der Waals surface area contributed by atoms with E-state index in [1.165, 1.54) is 35.6 Å². The quantitative estimate of drug-likeness (QED) is 0.322. The molecular weight excluding hydrogens is 443 g/mol. The van der Waals surface area contributed by atoms with Gasteiger partial charge in [0.15, 0.2) is 10.2 Å². The van der Waals surface area contributed by atoms with Gasteiger partial charge in [0.05, 0.1) is 21.2 Å². The molecule has 11 heteroatoms. The van der Waals surface area contributed by atoms with Crippen molar-refractivity contribution in [3.05, 3.63) is 73.6 Å². The number of nitrogens with zero attached hydrogens (tertiary/aromatic N) is 2. The predicted molar refractivity (Wildman–Crippen MR) is 114 cm³/mol. The molecule has 2 N–H and O–H groups in total. The summed E-state index contributed by atoms with van der Waals surface area (Å²) in [5.74, 6) is -0.491. The van der Waals surface area contributed by atoms with Gasteiger partial charge in [-0.05, 0) is 30.4 Å². The smallest absolute Gasteiger partial charge is 0.270 e. The molecule has 3 aromatic rings. The number of thiocarbonyl (C=S) groups is 1. The molecule has 142 valence electrons. The second-order valence-corrected chi connectivity index (χ2v) is 7.49. The predicted octanol–water partition coefficient (Wildman–Crippen LogP) is 5.15. The number of carbonyl (C=O) groups is 1. The van der Waals surface area contributed by atoms with Crippen LogP contribution in [0, 0.1) is 10.1 Å². The Morgan fingerprint density at radius 3 is 2.71 bits per heavy atom. The minimum Gasteiger partial charge on any atom is -0.308 e. The number of rotatable bonds is 4. The molecule has 0 atom stereocenters. The first-order valence-corrected chi connectivity index (χ1v) is 9.65. The average molecular weight is 453 g/mol. The molecule has 3 rings (SSSR count). The summed E-state index contributed by atoms with van der Waals surface area (Å²) in [6, 6.07) is 10.6. The molecule has 0 saturated carbocycles. The maximum absolute atomic E-state index is 12.3. The SMILES string of the molecule is O=C(NC(=S)Nc1nc(-c2cccc([N+](=O)[O-])c2)cs1)c1ccc(Cl)cc1Cl. The summed E-state index contributed by atoms with van der Waals surface area (Å²) >= 11 is 18.2. The number of benzene rings is 2. The molecule has 1 amide bonds. The maximum Gasteiger partial charge on any atom is 0.270 e. The lowest BCUT2D eigenvalue weighted by Crippen LogP contribution is -2.34. The summed E-state index contributed by atoms with van der Waals surface area (Å²) in [6.07, 6.45) is 0. The van der Waals surface area contributed by atoms with Crippen LogP contribution in [0.15, 0.2) is 47.8 Å². The number of nitro groups is 1. The third-order valence-electron chi connectivity index (χ3n) is 3.48. The molecular formula is C17H10Cl2N4O3S2. The fraction of sp³-hybridized carbons (Fsp3) is 0. The number of carbonyl (C=O) groups excluding carboxylic acids is 1. The summed E-state index contributed by atoms with van der Waals surface area (Å²) in [6.45, 7) is 0. The van der Waals surface area contributed by atoms with Crippen LogP contribution < -0.4 is 10.6 Å². The lowest BCUT2D eigenvalue weighted by Gasteiger charge is -2.08. The zero-order chi connectivity index (χ0) is 20.3. The van der Waals surface area contributed by atoms with E-state index >= 15 is 0 Å². The molecule has 0 saturated heterocycles. The molecule has 28 heavy (non-hydrogen) atoms. The molecule has 1 aromatic heterocycles. The van der Waals surface area contributed by atoms with Gasteiger partial charge in [0.2, 0.25) is 0 Å². The highest BCUT2D eigenvalue weighted by Crippen LogP contribution is 2.27. The molecule has 0 bridgehead atoms. The minimum absolute atomic E-state index is 0.0253. The number of nitrogens with one attached hydrogen (secondary N) is 2. The van der Waals surface area contributed by atoms with Gasteiger partial charge in [-0.15, -0.1) is 11.3 Å². The maximum atomic E-state index is 12.3. The Morgan fingerprint density at radius 2 is 2.00 bits per heavy atom. The van der Waals surface area contributed by atoms with Gasteiger partial charge < -0.3 is 5.32 Å². The van der Waals surface area contributed by atoms with Crippen molar-refractivity contribution >= 4 is 68.6 Å². The van der Waals surface area contributed by atoms with E-state index in [-0.39, 0.29) is 21.4 Å². The fourth-order valence-electron chi connectivity index (χ4n) is 2.21. The lowest BCUT2D eigenvalue weighted by atomic mass is 10.1. The van der Waals surface area contributed by atoms with Crippen LogP contribution in [0.4, 0.5) is 10.8 Å². The van der Waals surface area contributed by atoms with E-state index in [1.54, 1.807) is 23.6 Å². The van der Waals surface area contributed by atoms with E-state index in [0.29, 0.717) is 21.4 Å². The van der Waals surface area contributed by atoms with Gasteiger partial charge in [-0.2, -0.15) is 0 Å². The molecule has 0 spiro atoms. The second-order valence-electron chi connectivity index (χ2n) is 5.38. The number of halogens is 2.